The van der Waals surface area contributed by atoms with E-state index in [0.717, 1.165) is 12.2 Å². The topological polar surface area (TPSA) is 77.1 Å². The molecule has 224 valence electrons. The molecule has 1 aliphatic heterocycles. The Hall–Kier alpha value is -4.53. The Kier molecular flexibility index (Phi) is 8.62. The highest BCUT2D eigenvalue weighted by atomic mass is 32.2. The summed E-state index contributed by atoms with van der Waals surface area (Å²) in [5.74, 6) is 0.458. The van der Waals surface area contributed by atoms with Gasteiger partial charge >= 0.3 is 12.7 Å². The fourth-order valence-corrected chi connectivity index (χ4v) is 5.34. The molecule has 1 fully saturated rings. The average molecular weight is 621 g/mol. The number of ether oxygens (including phenoxy) is 2. The Morgan fingerprint density at radius 1 is 0.907 bits per heavy atom. The van der Waals surface area contributed by atoms with E-state index in [0.29, 0.717) is 27.8 Å². The van der Waals surface area contributed by atoms with E-state index in [4.69, 9.17) is 0 Å². The molecule has 3 aromatic carbocycles. The number of alkyl halides is 6. The monoisotopic (exact) mass is 620 g/mol. The number of para-hydroxylation sites is 2. The van der Waals surface area contributed by atoms with Crippen molar-refractivity contribution in [2.75, 3.05) is 10.7 Å². The number of hydrogen-bond donors (Lipinski definition) is 0. The molecule has 0 saturated carbocycles. The lowest BCUT2D eigenvalue weighted by Crippen LogP contribution is -2.41. The summed E-state index contributed by atoms with van der Waals surface area (Å²) in [6.07, 6.45) is -5.92. The van der Waals surface area contributed by atoms with Crippen molar-refractivity contribution in [2.24, 2.45) is 10.2 Å². The second kappa shape index (κ2) is 12.4. The molecule has 8 nitrogen and oxygen atoms in total. The van der Waals surface area contributed by atoms with E-state index >= 15 is 0 Å². The summed E-state index contributed by atoms with van der Waals surface area (Å²) in [7, 11) is 0. The van der Waals surface area contributed by atoms with Crippen LogP contribution in [0.3, 0.4) is 0 Å². The van der Waals surface area contributed by atoms with Crippen molar-refractivity contribution in [2.45, 2.75) is 32.1 Å². The van der Waals surface area contributed by atoms with Crippen LogP contribution in [0.1, 0.15) is 18.9 Å². The van der Waals surface area contributed by atoms with Gasteiger partial charge in [0.25, 0.3) is 0 Å². The first-order chi connectivity index (χ1) is 20.4. The fourth-order valence-electron chi connectivity index (χ4n) is 4.18. The van der Waals surface area contributed by atoms with E-state index in [1.807, 2.05) is 6.92 Å². The maximum atomic E-state index is 13.0. The summed E-state index contributed by atoms with van der Waals surface area (Å²) < 4.78 is 85.7. The van der Waals surface area contributed by atoms with E-state index in [2.05, 4.69) is 29.8 Å². The van der Waals surface area contributed by atoms with Gasteiger partial charge in [-0.15, -0.1) is 36.5 Å². The number of halogens is 6. The molecule has 5 rings (SSSR count). The number of nitrogens with zero attached hydrogens (tertiary/aromatic N) is 6. The maximum absolute atomic E-state index is 13.0. The summed E-state index contributed by atoms with van der Waals surface area (Å²) in [5, 5.41) is 13.3. The van der Waals surface area contributed by atoms with E-state index < -0.39 is 12.7 Å². The van der Waals surface area contributed by atoms with Crippen LogP contribution in [0.2, 0.25) is 0 Å². The van der Waals surface area contributed by atoms with Crippen LogP contribution in [-0.2, 0) is 0 Å². The lowest BCUT2D eigenvalue weighted by molar-refractivity contribution is -0.275. The van der Waals surface area contributed by atoms with Gasteiger partial charge in [0.05, 0.1) is 17.6 Å². The van der Waals surface area contributed by atoms with E-state index in [9.17, 15) is 26.3 Å². The van der Waals surface area contributed by atoms with Gasteiger partial charge in [0.2, 0.25) is 0 Å². The molecular weight excluding hydrogens is 598 g/mol. The second-order valence-corrected chi connectivity index (χ2v) is 10.2. The molecule has 1 aliphatic rings. The molecular formula is C28H22F6N6O2S. The SMILES string of the molecule is CC1CCS/C(=N\N=C\c2ccc(-c3ncn(-c4ccc(OC(F)(F)F)cc4)n3)cc2)N1c1ccccc1OC(F)(F)F. The first-order valence-electron chi connectivity index (χ1n) is 12.7. The number of aromatic nitrogens is 3. The summed E-state index contributed by atoms with van der Waals surface area (Å²) in [6, 6.07) is 18.1. The van der Waals surface area contributed by atoms with Gasteiger partial charge in [0.1, 0.15) is 12.1 Å². The van der Waals surface area contributed by atoms with E-state index in [1.165, 1.54) is 65.4 Å². The van der Waals surface area contributed by atoms with Crippen LogP contribution in [0.15, 0.2) is 89.3 Å². The highest BCUT2D eigenvalue weighted by Crippen LogP contribution is 2.38. The van der Waals surface area contributed by atoms with Crippen molar-refractivity contribution in [1.29, 1.82) is 0 Å². The molecule has 0 spiro atoms. The number of anilines is 1. The minimum Gasteiger partial charge on any atom is -0.406 e. The number of hydrogen-bond acceptors (Lipinski definition) is 7. The normalized spacial score (nSPS) is 17.0. The zero-order chi connectivity index (χ0) is 30.6. The Bertz CT molecular complexity index is 1600. The smallest absolute Gasteiger partial charge is 0.406 e. The molecule has 1 saturated heterocycles. The molecule has 0 N–H and O–H groups in total. The molecule has 43 heavy (non-hydrogen) atoms. The van der Waals surface area contributed by atoms with Crippen LogP contribution in [-0.4, -0.2) is 50.7 Å². The van der Waals surface area contributed by atoms with Gasteiger partial charge in [-0.2, -0.15) is 5.10 Å². The first-order valence-corrected chi connectivity index (χ1v) is 13.7. The van der Waals surface area contributed by atoms with E-state index in [1.54, 1.807) is 41.3 Å². The molecule has 2 heterocycles. The van der Waals surface area contributed by atoms with Gasteiger partial charge < -0.3 is 14.4 Å². The third-order valence-electron chi connectivity index (χ3n) is 6.11. The van der Waals surface area contributed by atoms with Crippen molar-refractivity contribution in [3.8, 4) is 28.6 Å². The molecule has 1 unspecified atom stereocenters. The lowest BCUT2D eigenvalue weighted by atomic mass is 10.1. The molecule has 0 aliphatic carbocycles. The van der Waals surface area contributed by atoms with Crippen LogP contribution in [0.5, 0.6) is 11.5 Å². The zero-order valence-corrected chi connectivity index (χ0v) is 23.1. The summed E-state index contributed by atoms with van der Waals surface area (Å²) in [4.78, 5) is 5.96. The van der Waals surface area contributed by atoms with Crippen LogP contribution >= 0.6 is 11.8 Å². The van der Waals surface area contributed by atoms with Crippen molar-refractivity contribution in [3.05, 3.63) is 84.7 Å². The van der Waals surface area contributed by atoms with Gasteiger partial charge in [-0.1, -0.05) is 48.2 Å². The summed E-state index contributed by atoms with van der Waals surface area (Å²) in [5.41, 5.74) is 2.13. The van der Waals surface area contributed by atoms with Crippen LogP contribution < -0.4 is 14.4 Å². The van der Waals surface area contributed by atoms with Gasteiger partial charge in [0.15, 0.2) is 16.7 Å². The molecule has 1 atom stereocenters. The number of benzene rings is 3. The Morgan fingerprint density at radius 2 is 1.60 bits per heavy atom. The molecule has 0 bridgehead atoms. The molecule has 15 heteroatoms. The largest absolute Gasteiger partial charge is 0.573 e. The zero-order valence-electron chi connectivity index (χ0n) is 22.3. The van der Waals surface area contributed by atoms with Crippen LogP contribution in [0.4, 0.5) is 32.0 Å². The quantitative estimate of drug-likeness (QED) is 0.121. The van der Waals surface area contributed by atoms with Crippen molar-refractivity contribution in [3.63, 3.8) is 0 Å². The van der Waals surface area contributed by atoms with Crippen molar-refractivity contribution in [1.82, 2.24) is 14.8 Å². The number of amidine groups is 1. The Morgan fingerprint density at radius 3 is 2.30 bits per heavy atom. The van der Waals surface area contributed by atoms with Crippen LogP contribution in [0, 0.1) is 0 Å². The maximum Gasteiger partial charge on any atom is 0.573 e. The van der Waals surface area contributed by atoms with Gasteiger partial charge in [-0.05, 0) is 55.3 Å². The highest BCUT2D eigenvalue weighted by Gasteiger charge is 2.35. The predicted molar refractivity (Wildman–Crippen MR) is 151 cm³/mol. The van der Waals surface area contributed by atoms with E-state index in [-0.39, 0.29) is 23.2 Å². The standard InChI is InChI=1S/C28H22F6N6O2S/c1-18-14-15-43-26(40(18)23-4-2-3-5-24(23)42-28(32,33)34)37-36-16-19-6-8-20(9-7-19)25-35-17-39(38-25)21-10-12-22(13-11-21)41-27(29,30)31/h2-13,16-18H,14-15H2,1H3/b36-16+,37-26-. The molecule has 4 aromatic rings. The van der Waals surface area contributed by atoms with Crippen molar-refractivity contribution < 1.29 is 35.8 Å². The van der Waals surface area contributed by atoms with Gasteiger partial charge in [-0.25, -0.2) is 9.67 Å². The number of rotatable bonds is 7. The minimum absolute atomic E-state index is 0.133. The van der Waals surface area contributed by atoms with Crippen LogP contribution in [0.25, 0.3) is 17.1 Å². The van der Waals surface area contributed by atoms with Crippen molar-refractivity contribution >= 4 is 28.8 Å². The molecule has 0 amide bonds. The number of thioether (sulfide) groups is 1. The fraction of sp³-hybridized carbons (Fsp3) is 0.214. The molecule has 0 radical (unpaired) electrons. The molecule has 1 aromatic heterocycles. The Balaban J connectivity index is 1.29. The third-order valence-corrected chi connectivity index (χ3v) is 7.09. The predicted octanol–water partition coefficient (Wildman–Crippen LogP) is 7.45. The highest BCUT2D eigenvalue weighted by molar-refractivity contribution is 8.14. The third kappa shape index (κ3) is 7.85. The average Bonchev–Trinajstić information content (AvgIpc) is 3.43. The summed E-state index contributed by atoms with van der Waals surface area (Å²) in [6.45, 7) is 1.90. The van der Waals surface area contributed by atoms with Gasteiger partial charge in [0, 0.05) is 17.4 Å². The summed E-state index contributed by atoms with van der Waals surface area (Å²) >= 11 is 1.38. The van der Waals surface area contributed by atoms with Gasteiger partial charge in [-0.3, -0.25) is 0 Å². The lowest BCUT2D eigenvalue weighted by Gasteiger charge is -2.35. The first kappa shape index (κ1) is 29.9. The second-order valence-electron chi connectivity index (χ2n) is 9.18. The minimum atomic E-state index is -4.84. The Labute approximate surface area is 245 Å².